The third kappa shape index (κ3) is 3.65. The van der Waals surface area contributed by atoms with Crippen LogP contribution in [0.2, 0.25) is 0 Å². The lowest BCUT2D eigenvalue weighted by atomic mass is 9.77. The standard InChI is InChI=1S/C21H31N5O/c1-17-22-14-18(15-23-17)16-26-9-4-3-7-21(8-5-6-19(21)26)20(27)25-12-10-24(2)11-13-25/h3-4,14-15,19H,5-13,16H2,1-2H3/t19-,21-/m1/s1. The molecular weight excluding hydrogens is 338 g/mol. The maximum atomic E-state index is 13.7. The van der Waals surface area contributed by atoms with Gasteiger partial charge in [0.1, 0.15) is 5.82 Å². The molecule has 1 aromatic rings. The largest absolute Gasteiger partial charge is 0.340 e. The number of nitrogens with zero attached hydrogens (tertiary/aromatic N) is 5. The summed E-state index contributed by atoms with van der Waals surface area (Å²) in [5.74, 6) is 1.18. The minimum absolute atomic E-state index is 0.255. The first-order valence-electron chi connectivity index (χ1n) is 10.2. The van der Waals surface area contributed by atoms with E-state index in [1.807, 2.05) is 19.3 Å². The van der Waals surface area contributed by atoms with Gasteiger partial charge in [-0.1, -0.05) is 18.6 Å². The van der Waals surface area contributed by atoms with E-state index in [2.05, 4.69) is 43.9 Å². The van der Waals surface area contributed by atoms with Crippen molar-refractivity contribution in [3.63, 3.8) is 0 Å². The fourth-order valence-electron chi connectivity index (χ4n) is 5.03. The van der Waals surface area contributed by atoms with Gasteiger partial charge in [0, 0.05) is 63.3 Å². The Morgan fingerprint density at radius 3 is 2.67 bits per heavy atom. The molecule has 0 bridgehead atoms. The molecule has 0 aromatic carbocycles. The Kier molecular flexibility index (Phi) is 5.28. The molecule has 3 aliphatic rings. The molecule has 0 spiro atoms. The zero-order valence-corrected chi connectivity index (χ0v) is 16.6. The molecule has 6 heteroatoms. The van der Waals surface area contributed by atoms with E-state index in [-0.39, 0.29) is 5.41 Å². The van der Waals surface area contributed by atoms with Gasteiger partial charge < -0.3 is 9.80 Å². The second-order valence-electron chi connectivity index (χ2n) is 8.40. The lowest BCUT2D eigenvalue weighted by molar-refractivity contribution is -0.146. The monoisotopic (exact) mass is 369 g/mol. The highest BCUT2D eigenvalue weighted by molar-refractivity contribution is 5.84. The lowest BCUT2D eigenvalue weighted by Crippen LogP contribution is -2.56. The fourth-order valence-corrected chi connectivity index (χ4v) is 5.03. The Morgan fingerprint density at radius 2 is 1.93 bits per heavy atom. The summed E-state index contributed by atoms with van der Waals surface area (Å²) in [5.41, 5.74) is 0.873. The number of amides is 1. The molecule has 3 heterocycles. The topological polar surface area (TPSA) is 52.6 Å². The smallest absolute Gasteiger partial charge is 0.230 e. The first kappa shape index (κ1) is 18.6. The van der Waals surface area contributed by atoms with Crippen molar-refractivity contribution < 1.29 is 4.79 Å². The first-order valence-corrected chi connectivity index (χ1v) is 10.2. The number of likely N-dealkylation sites (N-methyl/N-ethyl adjacent to an activating group) is 1. The van der Waals surface area contributed by atoms with E-state index in [0.29, 0.717) is 11.9 Å². The molecule has 1 saturated carbocycles. The van der Waals surface area contributed by atoms with Crippen LogP contribution in [-0.2, 0) is 11.3 Å². The fraction of sp³-hybridized carbons (Fsp3) is 0.667. The minimum Gasteiger partial charge on any atom is -0.340 e. The van der Waals surface area contributed by atoms with Gasteiger partial charge in [-0.25, -0.2) is 9.97 Å². The molecule has 6 nitrogen and oxygen atoms in total. The number of allylic oxidation sites excluding steroid dienone is 1. The summed E-state index contributed by atoms with van der Waals surface area (Å²) in [7, 11) is 2.14. The summed E-state index contributed by atoms with van der Waals surface area (Å²) in [6, 6.07) is 0.306. The number of carbonyl (C=O) groups excluding carboxylic acids is 1. The predicted molar refractivity (Wildman–Crippen MR) is 105 cm³/mol. The van der Waals surface area contributed by atoms with E-state index >= 15 is 0 Å². The maximum Gasteiger partial charge on any atom is 0.230 e. The molecule has 4 rings (SSSR count). The van der Waals surface area contributed by atoms with Crippen LogP contribution in [0.25, 0.3) is 0 Å². The normalized spacial score (nSPS) is 29.6. The highest BCUT2D eigenvalue weighted by Crippen LogP contribution is 2.47. The molecular formula is C21H31N5O. The number of aryl methyl sites for hydroxylation is 1. The Bertz CT molecular complexity index is 695. The summed E-state index contributed by atoms with van der Waals surface area (Å²) >= 11 is 0. The molecule has 2 atom stereocenters. The van der Waals surface area contributed by atoms with Gasteiger partial charge in [-0.2, -0.15) is 0 Å². The second kappa shape index (κ2) is 7.68. The van der Waals surface area contributed by atoms with E-state index in [4.69, 9.17) is 0 Å². The van der Waals surface area contributed by atoms with Crippen LogP contribution >= 0.6 is 0 Å². The molecule has 1 amide bonds. The molecule has 146 valence electrons. The van der Waals surface area contributed by atoms with Gasteiger partial charge in [0.25, 0.3) is 0 Å². The van der Waals surface area contributed by atoms with Crippen molar-refractivity contribution in [3.05, 3.63) is 35.9 Å². The first-order chi connectivity index (χ1) is 13.1. The van der Waals surface area contributed by atoms with Crippen molar-refractivity contribution in [1.82, 2.24) is 24.7 Å². The number of rotatable bonds is 3. The molecule has 2 aliphatic heterocycles. The average Bonchev–Trinajstić information content (AvgIpc) is 3.03. The van der Waals surface area contributed by atoms with Gasteiger partial charge in [-0.3, -0.25) is 9.69 Å². The number of aromatic nitrogens is 2. The van der Waals surface area contributed by atoms with Gasteiger partial charge in [0.15, 0.2) is 0 Å². The number of hydrogen-bond donors (Lipinski definition) is 0. The Hall–Kier alpha value is -1.79. The zero-order chi connectivity index (χ0) is 18.9. The number of hydrogen-bond acceptors (Lipinski definition) is 5. The van der Waals surface area contributed by atoms with E-state index in [1.54, 1.807) is 0 Å². The van der Waals surface area contributed by atoms with Gasteiger partial charge in [0.05, 0.1) is 5.41 Å². The molecule has 1 saturated heterocycles. The number of carbonyl (C=O) groups is 1. The SMILES string of the molecule is Cc1ncc(CN2CC=CC[C@@]3(C(=O)N4CCN(C)CC4)CCC[C@@H]23)cn1. The summed E-state index contributed by atoms with van der Waals surface area (Å²) in [6.07, 6.45) is 12.5. The highest BCUT2D eigenvalue weighted by Gasteiger charge is 2.52. The summed E-state index contributed by atoms with van der Waals surface area (Å²) in [4.78, 5) is 29.3. The zero-order valence-electron chi connectivity index (χ0n) is 16.6. The molecule has 0 radical (unpaired) electrons. The van der Waals surface area contributed by atoms with Crippen LogP contribution in [0.15, 0.2) is 24.5 Å². The molecule has 0 N–H and O–H groups in total. The number of piperazine rings is 1. The van der Waals surface area contributed by atoms with Crippen LogP contribution in [0.1, 0.15) is 37.1 Å². The van der Waals surface area contributed by atoms with E-state index in [1.165, 1.54) is 0 Å². The van der Waals surface area contributed by atoms with Crippen molar-refractivity contribution in [2.75, 3.05) is 39.8 Å². The quantitative estimate of drug-likeness (QED) is 0.761. The average molecular weight is 370 g/mol. The molecule has 1 aliphatic carbocycles. The predicted octanol–water partition coefficient (Wildman–Crippen LogP) is 1.86. The van der Waals surface area contributed by atoms with Crippen LogP contribution in [0.3, 0.4) is 0 Å². The Morgan fingerprint density at radius 1 is 1.19 bits per heavy atom. The van der Waals surface area contributed by atoms with Crippen LogP contribution in [0.5, 0.6) is 0 Å². The molecule has 1 aromatic heterocycles. The molecule has 0 unspecified atom stereocenters. The van der Waals surface area contributed by atoms with Gasteiger partial charge in [0.2, 0.25) is 5.91 Å². The van der Waals surface area contributed by atoms with Crippen molar-refractivity contribution in [2.24, 2.45) is 5.41 Å². The van der Waals surface area contributed by atoms with E-state index in [0.717, 1.165) is 76.3 Å². The maximum absolute atomic E-state index is 13.7. The van der Waals surface area contributed by atoms with Crippen molar-refractivity contribution in [2.45, 2.75) is 45.2 Å². The van der Waals surface area contributed by atoms with Crippen molar-refractivity contribution in [1.29, 1.82) is 0 Å². The van der Waals surface area contributed by atoms with Crippen molar-refractivity contribution >= 4 is 5.91 Å². The number of fused-ring (bicyclic) bond motifs is 1. The molecule has 2 fully saturated rings. The van der Waals surface area contributed by atoms with Crippen LogP contribution in [0.4, 0.5) is 0 Å². The molecule has 27 heavy (non-hydrogen) atoms. The van der Waals surface area contributed by atoms with E-state index in [9.17, 15) is 4.79 Å². The van der Waals surface area contributed by atoms with Gasteiger partial charge in [-0.15, -0.1) is 0 Å². The summed E-state index contributed by atoms with van der Waals surface area (Å²) < 4.78 is 0. The van der Waals surface area contributed by atoms with Crippen LogP contribution in [0, 0.1) is 12.3 Å². The van der Waals surface area contributed by atoms with Gasteiger partial charge in [-0.05, 0) is 33.2 Å². The van der Waals surface area contributed by atoms with Crippen LogP contribution < -0.4 is 0 Å². The lowest BCUT2D eigenvalue weighted by Gasteiger charge is -2.43. The second-order valence-corrected chi connectivity index (χ2v) is 8.40. The third-order valence-electron chi connectivity index (χ3n) is 6.60. The Labute approximate surface area is 162 Å². The van der Waals surface area contributed by atoms with Crippen molar-refractivity contribution in [3.8, 4) is 0 Å². The summed E-state index contributed by atoms with van der Waals surface area (Å²) in [6.45, 7) is 7.30. The minimum atomic E-state index is -0.255. The highest BCUT2D eigenvalue weighted by atomic mass is 16.2. The van der Waals surface area contributed by atoms with Gasteiger partial charge >= 0.3 is 0 Å². The van der Waals surface area contributed by atoms with E-state index < -0.39 is 0 Å². The van der Waals surface area contributed by atoms with Crippen LogP contribution in [-0.4, -0.2) is 76.4 Å². The Balaban J connectivity index is 1.56. The summed E-state index contributed by atoms with van der Waals surface area (Å²) in [5, 5.41) is 0. The third-order valence-corrected chi connectivity index (χ3v) is 6.60.